The number of rotatable bonds is 11. The highest BCUT2D eigenvalue weighted by Gasteiger charge is 2.68. The number of halogens is 2. The van der Waals surface area contributed by atoms with E-state index in [2.05, 4.69) is 10.3 Å². The summed E-state index contributed by atoms with van der Waals surface area (Å²) in [6, 6.07) is 7.65. The molecule has 1 heterocycles. The number of hydrogen-bond acceptors (Lipinski definition) is 6. The second kappa shape index (κ2) is 9.03. The minimum absolute atomic E-state index is 0.00743. The van der Waals surface area contributed by atoms with E-state index in [-0.39, 0.29) is 53.2 Å². The van der Waals surface area contributed by atoms with Gasteiger partial charge in [-0.1, -0.05) is 11.6 Å². The first-order valence-corrected chi connectivity index (χ1v) is 10.7. The average Bonchev–Trinajstić information content (AvgIpc) is 2.72. The number of aromatic nitrogens is 1. The summed E-state index contributed by atoms with van der Waals surface area (Å²) in [4.78, 5) is 28.6. The normalized spacial score (nSPS) is 23.0. The number of ether oxygens (including phenoxy) is 3. The molecule has 3 aliphatic carbocycles. The Balaban J connectivity index is 1.13. The molecule has 1 aromatic heterocycles. The molecule has 3 aliphatic rings. The molecule has 5 rings (SSSR count). The van der Waals surface area contributed by atoms with Gasteiger partial charge in [-0.2, -0.15) is 0 Å². The van der Waals surface area contributed by atoms with Crippen molar-refractivity contribution in [2.75, 3.05) is 20.3 Å². The third kappa shape index (κ3) is 5.02. The van der Waals surface area contributed by atoms with E-state index in [1.807, 2.05) is 6.07 Å². The molecule has 1 aromatic carbocycles. The SMILES string of the molecule is COc1ccc(COCC(=O)NC23CC(CC(=O)COc4ccc(Cl)c(F)c4)(C2)C3)cn1. The summed E-state index contributed by atoms with van der Waals surface area (Å²) in [5.74, 6) is -0.00561. The molecule has 0 saturated heterocycles. The van der Waals surface area contributed by atoms with Crippen LogP contribution in [0.15, 0.2) is 36.5 Å². The van der Waals surface area contributed by atoms with Crippen LogP contribution in [0, 0.1) is 11.2 Å². The Hall–Kier alpha value is -2.71. The van der Waals surface area contributed by atoms with Gasteiger partial charge < -0.3 is 19.5 Å². The molecule has 7 nitrogen and oxygen atoms in total. The van der Waals surface area contributed by atoms with E-state index < -0.39 is 5.82 Å². The van der Waals surface area contributed by atoms with Gasteiger partial charge in [-0.15, -0.1) is 0 Å². The van der Waals surface area contributed by atoms with Gasteiger partial charge in [-0.25, -0.2) is 9.37 Å². The molecule has 2 bridgehead atoms. The van der Waals surface area contributed by atoms with E-state index in [0.29, 0.717) is 12.3 Å². The predicted molar refractivity (Wildman–Crippen MR) is 114 cm³/mol. The number of hydrogen-bond donors (Lipinski definition) is 1. The van der Waals surface area contributed by atoms with Crippen LogP contribution in [0.2, 0.25) is 5.02 Å². The Morgan fingerprint density at radius 3 is 2.62 bits per heavy atom. The fourth-order valence-corrected chi connectivity index (χ4v) is 4.85. The molecular weight excluding hydrogens is 439 g/mol. The van der Waals surface area contributed by atoms with E-state index in [9.17, 15) is 14.0 Å². The Bertz CT molecular complexity index is 994. The zero-order valence-electron chi connectivity index (χ0n) is 17.7. The Morgan fingerprint density at radius 2 is 1.97 bits per heavy atom. The van der Waals surface area contributed by atoms with E-state index >= 15 is 0 Å². The highest BCUT2D eigenvalue weighted by molar-refractivity contribution is 6.30. The molecule has 3 saturated carbocycles. The smallest absolute Gasteiger partial charge is 0.246 e. The first-order chi connectivity index (χ1) is 15.3. The number of amides is 1. The first-order valence-electron chi connectivity index (χ1n) is 10.3. The largest absolute Gasteiger partial charge is 0.486 e. The van der Waals surface area contributed by atoms with Gasteiger partial charge in [0.15, 0.2) is 5.78 Å². The fraction of sp³-hybridized carbons (Fsp3) is 0.435. The lowest BCUT2D eigenvalue weighted by molar-refractivity contribution is -0.174. The van der Waals surface area contributed by atoms with Crippen molar-refractivity contribution in [1.29, 1.82) is 0 Å². The Morgan fingerprint density at radius 1 is 1.19 bits per heavy atom. The molecule has 0 aliphatic heterocycles. The summed E-state index contributed by atoms with van der Waals surface area (Å²) >= 11 is 5.64. The second-order valence-electron chi connectivity index (χ2n) is 8.64. The predicted octanol–water partition coefficient (Wildman–Crippen LogP) is 3.48. The van der Waals surface area contributed by atoms with Crippen LogP contribution < -0.4 is 14.8 Å². The summed E-state index contributed by atoms with van der Waals surface area (Å²) in [5.41, 5.74) is 0.571. The van der Waals surface area contributed by atoms with Gasteiger partial charge in [0, 0.05) is 30.3 Å². The number of carbonyl (C=O) groups is 2. The Labute approximate surface area is 190 Å². The summed E-state index contributed by atoms with van der Waals surface area (Å²) in [7, 11) is 1.55. The van der Waals surface area contributed by atoms with Gasteiger partial charge in [0.2, 0.25) is 11.8 Å². The number of ketones is 1. The lowest BCUT2D eigenvalue weighted by Gasteiger charge is -2.70. The van der Waals surface area contributed by atoms with Crippen LogP contribution in [0.1, 0.15) is 31.2 Å². The van der Waals surface area contributed by atoms with Gasteiger partial charge in [0.05, 0.1) is 18.7 Å². The molecule has 170 valence electrons. The molecule has 0 unspecified atom stereocenters. The minimum Gasteiger partial charge on any atom is -0.486 e. The number of methoxy groups -OCH3 is 1. The summed E-state index contributed by atoms with van der Waals surface area (Å²) in [5, 5.41) is 3.04. The highest BCUT2D eigenvalue weighted by atomic mass is 35.5. The van der Waals surface area contributed by atoms with Crippen molar-refractivity contribution in [3.63, 3.8) is 0 Å². The zero-order chi connectivity index (χ0) is 22.8. The third-order valence-corrected chi connectivity index (χ3v) is 6.22. The second-order valence-corrected chi connectivity index (χ2v) is 9.05. The van der Waals surface area contributed by atoms with Gasteiger partial charge in [-0.05, 0) is 48.4 Å². The van der Waals surface area contributed by atoms with Crippen LogP contribution in [-0.2, 0) is 20.9 Å². The number of nitrogens with zero attached hydrogens (tertiary/aromatic N) is 1. The molecule has 32 heavy (non-hydrogen) atoms. The monoisotopic (exact) mass is 462 g/mol. The summed E-state index contributed by atoms with van der Waals surface area (Å²) in [6.45, 7) is 0.134. The maximum absolute atomic E-state index is 13.4. The summed E-state index contributed by atoms with van der Waals surface area (Å²) in [6.07, 6.45) is 4.35. The van der Waals surface area contributed by atoms with E-state index in [0.717, 1.165) is 30.9 Å². The topological polar surface area (TPSA) is 86.8 Å². The van der Waals surface area contributed by atoms with E-state index in [1.165, 1.54) is 12.1 Å². The number of benzene rings is 1. The maximum Gasteiger partial charge on any atom is 0.246 e. The Kier molecular flexibility index (Phi) is 6.35. The molecule has 0 atom stereocenters. The molecule has 1 amide bonds. The maximum atomic E-state index is 13.4. The lowest BCUT2D eigenvalue weighted by atomic mass is 9.38. The fourth-order valence-electron chi connectivity index (χ4n) is 4.73. The molecule has 3 fully saturated rings. The minimum atomic E-state index is -0.585. The molecular formula is C23H24ClFN2O5. The lowest BCUT2D eigenvalue weighted by Crippen LogP contribution is -2.75. The molecule has 0 spiro atoms. The molecule has 1 N–H and O–H groups in total. The highest BCUT2D eigenvalue weighted by Crippen LogP contribution is 2.68. The average molecular weight is 463 g/mol. The van der Waals surface area contributed by atoms with Crippen LogP contribution in [0.3, 0.4) is 0 Å². The van der Waals surface area contributed by atoms with Crippen molar-refractivity contribution in [2.45, 2.75) is 37.8 Å². The molecule has 0 radical (unpaired) electrons. The van der Waals surface area contributed by atoms with E-state index in [1.54, 1.807) is 19.4 Å². The van der Waals surface area contributed by atoms with Crippen molar-refractivity contribution >= 4 is 23.3 Å². The zero-order valence-corrected chi connectivity index (χ0v) is 18.4. The van der Waals surface area contributed by atoms with Crippen molar-refractivity contribution in [3.05, 3.63) is 52.9 Å². The molecule has 2 aromatic rings. The quantitative estimate of drug-likeness (QED) is 0.550. The van der Waals surface area contributed by atoms with Crippen LogP contribution in [0.4, 0.5) is 4.39 Å². The number of Topliss-reactive ketones (excluding diaryl/α,β-unsaturated/α-hetero) is 1. The van der Waals surface area contributed by atoms with Crippen LogP contribution in [-0.4, -0.2) is 42.5 Å². The van der Waals surface area contributed by atoms with Crippen molar-refractivity contribution in [2.24, 2.45) is 5.41 Å². The first kappa shape index (κ1) is 22.5. The third-order valence-electron chi connectivity index (χ3n) is 5.92. The summed E-state index contributed by atoms with van der Waals surface area (Å²) < 4.78 is 29.3. The standard InChI is InChI=1S/C23H24ClFN2O5/c1-30-21-5-2-15(8-26-21)9-31-11-20(29)27-23-12-22(13-23,14-23)7-16(28)10-32-17-3-4-18(24)19(25)6-17/h2-6,8H,7,9-14H2,1H3,(H,27,29). The van der Waals surface area contributed by atoms with Crippen molar-refractivity contribution in [1.82, 2.24) is 10.3 Å². The van der Waals surface area contributed by atoms with Crippen LogP contribution in [0.25, 0.3) is 0 Å². The van der Waals surface area contributed by atoms with Gasteiger partial charge in [-0.3, -0.25) is 9.59 Å². The number of nitrogens with one attached hydrogen (secondary N) is 1. The van der Waals surface area contributed by atoms with Crippen LogP contribution >= 0.6 is 11.6 Å². The van der Waals surface area contributed by atoms with Crippen LogP contribution in [0.5, 0.6) is 11.6 Å². The van der Waals surface area contributed by atoms with Crippen molar-refractivity contribution in [3.8, 4) is 11.6 Å². The van der Waals surface area contributed by atoms with E-state index in [4.69, 9.17) is 25.8 Å². The van der Waals surface area contributed by atoms with Gasteiger partial charge in [0.1, 0.15) is 24.8 Å². The van der Waals surface area contributed by atoms with Crippen molar-refractivity contribution < 1.29 is 28.2 Å². The number of pyridine rings is 1. The number of carbonyl (C=O) groups excluding carboxylic acids is 2. The van der Waals surface area contributed by atoms with Gasteiger partial charge >= 0.3 is 0 Å². The molecule has 9 heteroatoms. The van der Waals surface area contributed by atoms with Gasteiger partial charge in [0.25, 0.3) is 0 Å².